The number of hydrogen-bond acceptors (Lipinski definition) is 3. The average Bonchev–Trinajstić information content (AvgIpc) is 2.54. The van der Waals surface area contributed by atoms with Crippen molar-refractivity contribution in [2.45, 2.75) is 0 Å². The molecule has 2 aromatic rings. The summed E-state index contributed by atoms with van der Waals surface area (Å²) in [5.41, 5.74) is 1.06. The minimum atomic E-state index is -0.671. The number of para-hydroxylation sites is 1. The van der Waals surface area contributed by atoms with Crippen LogP contribution in [0.4, 0.5) is 5.69 Å². The molecule has 0 radical (unpaired) electrons. The fourth-order valence-corrected chi connectivity index (χ4v) is 2.38. The molecular weight excluding hydrogens is 373 g/mol. The highest BCUT2D eigenvalue weighted by Crippen LogP contribution is 2.22. The molecule has 0 aliphatic rings. The summed E-state index contributed by atoms with van der Waals surface area (Å²) in [7, 11) is 0. The smallest absolute Gasteiger partial charge is 0.331 e. The number of halogens is 3. The van der Waals surface area contributed by atoms with Gasteiger partial charge >= 0.3 is 5.97 Å². The van der Waals surface area contributed by atoms with Gasteiger partial charge in [0.05, 0.1) is 10.7 Å². The Bertz CT molecular complexity index is 790. The zero-order valence-electron chi connectivity index (χ0n) is 12.3. The van der Waals surface area contributed by atoms with E-state index in [9.17, 15) is 9.59 Å². The average molecular weight is 385 g/mol. The third kappa shape index (κ3) is 5.57. The summed E-state index contributed by atoms with van der Waals surface area (Å²) in [5.74, 6) is -1.16. The van der Waals surface area contributed by atoms with Crippen molar-refractivity contribution in [2.24, 2.45) is 0 Å². The lowest BCUT2D eigenvalue weighted by molar-refractivity contribution is -0.142. The maximum Gasteiger partial charge on any atom is 0.331 e. The number of ether oxygens (including phenoxy) is 1. The van der Waals surface area contributed by atoms with Gasteiger partial charge in [0.1, 0.15) is 0 Å². The second-order valence-electron chi connectivity index (χ2n) is 4.63. The molecule has 0 heterocycles. The van der Waals surface area contributed by atoms with Gasteiger partial charge in [-0.15, -0.1) is 0 Å². The summed E-state index contributed by atoms with van der Waals surface area (Å²) in [6.07, 6.45) is 2.66. The standard InChI is InChI=1S/C17H12Cl3NO3/c18-12-7-5-11(14(20)9-12)6-8-17(23)24-10-16(22)21-15-4-2-1-3-13(15)19/h1-9H,10H2,(H,21,22). The zero-order valence-corrected chi connectivity index (χ0v) is 14.5. The number of carbonyl (C=O) groups excluding carboxylic acids is 2. The van der Waals surface area contributed by atoms with E-state index in [1.165, 1.54) is 12.2 Å². The number of benzene rings is 2. The van der Waals surface area contributed by atoms with Gasteiger partial charge in [-0.25, -0.2) is 4.79 Å². The van der Waals surface area contributed by atoms with Crippen LogP contribution in [0, 0.1) is 0 Å². The lowest BCUT2D eigenvalue weighted by Gasteiger charge is -2.06. The molecule has 0 fully saturated rings. The lowest BCUT2D eigenvalue weighted by atomic mass is 10.2. The van der Waals surface area contributed by atoms with Crippen molar-refractivity contribution < 1.29 is 14.3 Å². The lowest BCUT2D eigenvalue weighted by Crippen LogP contribution is -2.20. The van der Waals surface area contributed by atoms with Crippen LogP contribution in [0.2, 0.25) is 15.1 Å². The van der Waals surface area contributed by atoms with Crippen LogP contribution < -0.4 is 5.32 Å². The highest BCUT2D eigenvalue weighted by Gasteiger charge is 2.08. The molecule has 124 valence electrons. The number of carbonyl (C=O) groups is 2. The molecule has 0 saturated carbocycles. The molecule has 2 aromatic carbocycles. The van der Waals surface area contributed by atoms with E-state index >= 15 is 0 Å². The molecule has 0 aliphatic heterocycles. The van der Waals surface area contributed by atoms with Crippen LogP contribution in [0.1, 0.15) is 5.56 Å². The first-order valence-corrected chi connectivity index (χ1v) is 7.93. The van der Waals surface area contributed by atoms with E-state index in [1.807, 2.05) is 0 Å². The minimum Gasteiger partial charge on any atom is -0.452 e. The van der Waals surface area contributed by atoms with Gasteiger partial charge in [0.25, 0.3) is 5.91 Å². The van der Waals surface area contributed by atoms with Crippen LogP contribution in [0.5, 0.6) is 0 Å². The van der Waals surface area contributed by atoms with Crippen molar-refractivity contribution in [2.75, 3.05) is 11.9 Å². The topological polar surface area (TPSA) is 55.4 Å². The molecule has 0 atom stereocenters. The number of amides is 1. The van der Waals surface area contributed by atoms with Crippen molar-refractivity contribution in [1.82, 2.24) is 0 Å². The first kappa shape index (κ1) is 18.3. The van der Waals surface area contributed by atoms with Gasteiger partial charge in [0.15, 0.2) is 6.61 Å². The molecular formula is C17H12Cl3NO3. The molecule has 1 amide bonds. The van der Waals surface area contributed by atoms with Gasteiger partial charge < -0.3 is 10.1 Å². The largest absolute Gasteiger partial charge is 0.452 e. The van der Waals surface area contributed by atoms with E-state index in [-0.39, 0.29) is 0 Å². The van der Waals surface area contributed by atoms with Crippen LogP contribution >= 0.6 is 34.8 Å². The summed E-state index contributed by atoms with van der Waals surface area (Å²) in [6, 6.07) is 11.6. The number of hydrogen-bond donors (Lipinski definition) is 1. The van der Waals surface area contributed by atoms with Crippen molar-refractivity contribution >= 4 is 58.4 Å². The Morgan fingerprint density at radius 3 is 2.50 bits per heavy atom. The first-order valence-electron chi connectivity index (χ1n) is 6.80. The molecule has 1 N–H and O–H groups in total. The third-order valence-corrected chi connectivity index (χ3v) is 3.75. The van der Waals surface area contributed by atoms with E-state index in [2.05, 4.69) is 5.32 Å². The Morgan fingerprint density at radius 2 is 1.79 bits per heavy atom. The quantitative estimate of drug-likeness (QED) is 0.592. The van der Waals surface area contributed by atoms with Crippen molar-refractivity contribution in [3.05, 3.63) is 69.2 Å². The Balaban J connectivity index is 1.85. The molecule has 0 saturated heterocycles. The fourth-order valence-electron chi connectivity index (χ4n) is 1.73. The Labute approximate surface area is 154 Å². The maximum absolute atomic E-state index is 11.7. The van der Waals surface area contributed by atoms with Crippen molar-refractivity contribution in [3.63, 3.8) is 0 Å². The highest BCUT2D eigenvalue weighted by molar-refractivity contribution is 6.35. The molecule has 24 heavy (non-hydrogen) atoms. The van der Waals surface area contributed by atoms with Gasteiger partial charge in [-0.2, -0.15) is 0 Å². The van der Waals surface area contributed by atoms with E-state index in [1.54, 1.807) is 42.5 Å². The predicted molar refractivity (Wildman–Crippen MR) is 96.5 cm³/mol. The van der Waals surface area contributed by atoms with Gasteiger partial charge in [0.2, 0.25) is 0 Å². The molecule has 0 unspecified atom stereocenters. The first-order chi connectivity index (χ1) is 11.5. The van der Waals surface area contributed by atoms with Gasteiger partial charge in [0, 0.05) is 16.1 Å². The number of rotatable bonds is 5. The molecule has 7 heteroatoms. The van der Waals surface area contributed by atoms with Crippen LogP contribution in [0.25, 0.3) is 6.08 Å². The third-order valence-electron chi connectivity index (χ3n) is 2.85. The second-order valence-corrected chi connectivity index (χ2v) is 5.89. The van der Waals surface area contributed by atoms with Crippen LogP contribution in [-0.4, -0.2) is 18.5 Å². The monoisotopic (exact) mass is 383 g/mol. The second kappa shape index (κ2) is 8.73. The SMILES string of the molecule is O=C(COC(=O)C=Cc1ccc(Cl)cc1Cl)Nc1ccccc1Cl. The van der Waals surface area contributed by atoms with E-state index in [0.717, 1.165) is 0 Å². The van der Waals surface area contributed by atoms with E-state index in [0.29, 0.717) is 26.3 Å². The Morgan fingerprint density at radius 1 is 1.04 bits per heavy atom. The van der Waals surface area contributed by atoms with Gasteiger partial charge in [-0.05, 0) is 35.9 Å². The van der Waals surface area contributed by atoms with Gasteiger partial charge in [-0.1, -0.05) is 53.0 Å². The van der Waals surface area contributed by atoms with E-state index < -0.39 is 18.5 Å². The number of anilines is 1. The molecule has 0 spiro atoms. The highest BCUT2D eigenvalue weighted by atomic mass is 35.5. The van der Waals surface area contributed by atoms with Crippen molar-refractivity contribution in [1.29, 1.82) is 0 Å². The summed E-state index contributed by atoms with van der Waals surface area (Å²) in [6.45, 7) is -0.428. The summed E-state index contributed by atoms with van der Waals surface area (Å²) < 4.78 is 4.85. The van der Waals surface area contributed by atoms with Crippen molar-refractivity contribution in [3.8, 4) is 0 Å². The summed E-state index contributed by atoms with van der Waals surface area (Å²) >= 11 is 17.7. The van der Waals surface area contributed by atoms with Gasteiger partial charge in [-0.3, -0.25) is 4.79 Å². The van der Waals surface area contributed by atoms with Crippen LogP contribution in [-0.2, 0) is 14.3 Å². The minimum absolute atomic E-state index is 0.398. The number of nitrogens with one attached hydrogen (secondary N) is 1. The summed E-state index contributed by atoms with van der Waals surface area (Å²) in [4.78, 5) is 23.4. The van der Waals surface area contributed by atoms with Crippen LogP contribution in [0.15, 0.2) is 48.5 Å². The molecule has 0 aliphatic carbocycles. The molecule has 4 nitrogen and oxygen atoms in total. The normalized spacial score (nSPS) is 10.6. The number of esters is 1. The molecule has 0 aromatic heterocycles. The zero-order chi connectivity index (χ0) is 17.5. The maximum atomic E-state index is 11.7. The molecule has 0 bridgehead atoms. The Kier molecular flexibility index (Phi) is 6.67. The Hall–Kier alpha value is -2.01. The fraction of sp³-hybridized carbons (Fsp3) is 0.0588. The van der Waals surface area contributed by atoms with E-state index in [4.69, 9.17) is 39.5 Å². The summed E-state index contributed by atoms with van der Waals surface area (Å²) in [5, 5.41) is 3.85. The molecule has 2 rings (SSSR count). The van der Waals surface area contributed by atoms with Crippen LogP contribution in [0.3, 0.4) is 0 Å². The predicted octanol–water partition coefficient (Wildman–Crippen LogP) is 4.84.